The molecule has 0 heterocycles. The van der Waals surface area contributed by atoms with Gasteiger partial charge in [0.05, 0.1) is 4.90 Å². The van der Waals surface area contributed by atoms with Crippen molar-refractivity contribution < 1.29 is 21.6 Å². The van der Waals surface area contributed by atoms with Crippen molar-refractivity contribution in [3.63, 3.8) is 0 Å². The molecule has 0 aliphatic heterocycles. The lowest BCUT2D eigenvalue weighted by Gasteiger charge is -2.34. The SMILES string of the molecule is CN(C(C)(C)C)S(=O)(=O)C(CC=O)c1ccc(CSCc2ccc(-c3ccc(S(N)(=O)=O)cc3)cc2)cc1. The number of nitrogens with two attached hydrogens (primary N) is 1. The smallest absolute Gasteiger partial charge is 0.238 e. The molecule has 0 fully saturated rings. The van der Waals surface area contributed by atoms with E-state index in [0.717, 1.165) is 33.8 Å². The number of hydrogen-bond donors (Lipinski definition) is 1. The number of rotatable bonds is 11. The van der Waals surface area contributed by atoms with Crippen molar-refractivity contribution in [2.45, 2.75) is 54.4 Å². The van der Waals surface area contributed by atoms with Crippen LogP contribution in [0.25, 0.3) is 11.1 Å². The summed E-state index contributed by atoms with van der Waals surface area (Å²) in [6.45, 7) is 5.47. The predicted octanol–water partition coefficient (Wildman–Crippen LogP) is 5.12. The minimum atomic E-state index is -3.71. The lowest BCUT2D eigenvalue weighted by molar-refractivity contribution is -0.107. The lowest BCUT2D eigenvalue weighted by Crippen LogP contribution is -2.44. The summed E-state index contributed by atoms with van der Waals surface area (Å²) < 4.78 is 50.6. The third-order valence-electron chi connectivity index (χ3n) is 6.36. The average molecular weight is 575 g/mol. The van der Waals surface area contributed by atoms with Gasteiger partial charge in [-0.2, -0.15) is 16.1 Å². The van der Waals surface area contributed by atoms with E-state index in [0.29, 0.717) is 11.8 Å². The molecule has 7 nitrogen and oxygen atoms in total. The normalized spacial score (nSPS) is 13.4. The highest BCUT2D eigenvalue weighted by Gasteiger charge is 2.36. The van der Waals surface area contributed by atoms with Crippen molar-refractivity contribution in [1.82, 2.24) is 4.31 Å². The number of benzene rings is 3. The Labute approximate surface area is 230 Å². The Balaban J connectivity index is 1.61. The average Bonchev–Trinajstić information content (AvgIpc) is 2.87. The van der Waals surface area contributed by atoms with Gasteiger partial charge in [-0.15, -0.1) is 0 Å². The van der Waals surface area contributed by atoms with Gasteiger partial charge in [-0.1, -0.05) is 60.7 Å². The third kappa shape index (κ3) is 7.54. The summed E-state index contributed by atoms with van der Waals surface area (Å²) in [5.41, 5.74) is 4.12. The van der Waals surface area contributed by atoms with Gasteiger partial charge < -0.3 is 4.79 Å². The van der Waals surface area contributed by atoms with Gasteiger partial charge in [0.15, 0.2) is 0 Å². The first-order valence-corrected chi connectivity index (χ1v) is 16.2. The molecule has 3 aromatic rings. The van der Waals surface area contributed by atoms with E-state index in [1.807, 2.05) is 57.2 Å². The molecule has 0 saturated heterocycles. The second-order valence-electron chi connectivity index (χ2n) is 10.1. The van der Waals surface area contributed by atoms with Gasteiger partial charge >= 0.3 is 0 Å². The van der Waals surface area contributed by atoms with Gasteiger partial charge in [0.1, 0.15) is 11.5 Å². The number of aldehydes is 1. The standard InChI is InChI=1S/C28H34N2O5S3/c1-28(2,3)30(4)38(34,35)27(17-18-31)25-11-7-22(8-12-25)20-36-19-21-5-9-23(10-6-21)24-13-15-26(16-14-24)37(29,32)33/h5-16,18,27H,17,19-20H2,1-4H3,(H2,29,32,33). The van der Waals surface area contributed by atoms with Crippen LogP contribution < -0.4 is 5.14 Å². The van der Waals surface area contributed by atoms with Crippen LogP contribution in [0.1, 0.15) is 49.1 Å². The van der Waals surface area contributed by atoms with E-state index in [4.69, 9.17) is 5.14 Å². The number of hydrogen-bond acceptors (Lipinski definition) is 6. The first-order valence-electron chi connectivity index (χ1n) is 12.0. The summed E-state index contributed by atoms with van der Waals surface area (Å²) in [6.07, 6.45) is 0.566. The van der Waals surface area contributed by atoms with E-state index in [1.165, 1.54) is 16.4 Å². The molecule has 10 heteroatoms. The highest BCUT2D eigenvalue weighted by Crippen LogP contribution is 2.32. The molecule has 3 rings (SSSR count). The van der Waals surface area contributed by atoms with E-state index in [1.54, 1.807) is 43.1 Å². The molecule has 1 atom stereocenters. The van der Waals surface area contributed by atoms with E-state index in [9.17, 15) is 21.6 Å². The van der Waals surface area contributed by atoms with Crippen LogP contribution >= 0.6 is 11.8 Å². The number of nitrogens with zero attached hydrogens (tertiary/aromatic N) is 1. The highest BCUT2D eigenvalue weighted by atomic mass is 32.2. The van der Waals surface area contributed by atoms with E-state index < -0.39 is 30.8 Å². The van der Waals surface area contributed by atoms with Crippen molar-refractivity contribution in [2.75, 3.05) is 7.05 Å². The second-order valence-corrected chi connectivity index (χ2v) is 14.8. The van der Waals surface area contributed by atoms with Gasteiger partial charge in [-0.25, -0.2) is 22.0 Å². The van der Waals surface area contributed by atoms with Crippen LogP contribution in [0, 0.1) is 0 Å². The van der Waals surface area contributed by atoms with Crippen LogP contribution in [-0.2, 0) is 36.3 Å². The number of thioether (sulfide) groups is 1. The van der Waals surface area contributed by atoms with E-state index >= 15 is 0 Å². The Kier molecular flexibility index (Phi) is 9.59. The van der Waals surface area contributed by atoms with Crippen LogP contribution in [0.3, 0.4) is 0 Å². The Morgan fingerprint density at radius 2 is 1.26 bits per heavy atom. The van der Waals surface area contributed by atoms with Gasteiger partial charge in [-0.3, -0.25) is 0 Å². The fourth-order valence-corrected chi connectivity index (χ4v) is 7.28. The maximum absolute atomic E-state index is 13.2. The Morgan fingerprint density at radius 3 is 1.68 bits per heavy atom. The molecule has 0 aliphatic carbocycles. The molecule has 0 saturated carbocycles. The van der Waals surface area contributed by atoms with Crippen LogP contribution in [0.2, 0.25) is 0 Å². The Hall–Kier alpha value is -2.50. The largest absolute Gasteiger partial charge is 0.303 e. The zero-order valence-corrected chi connectivity index (χ0v) is 24.4. The van der Waals surface area contributed by atoms with E-state index in [2.05, 4.69) is 0 Å². The maximum Gasteiger partial charge on any atom is 0.238 e. The van der Waals surface area contributed by atoms with Crippen molar-refractivity contribution >= 4 is 38.1 Å². The molecule has 0 bridgehead atoms. The molecule has 3 aromatic carbocycles. The number of sulfonamides is 2. The summed E-state index contributed by atoms with van der Waals surface area (Å²) in [6, 6.07) is 22.0. The first-order chi connectivity index (χ1) is 17.7. The number of primary sulfonamides is 1. The topological polar surface area (TPSA) is 115 Å². The fourth-order valence-electron chi connectivity index (χ4n) is 3.84. The fraction of sp³-hybridized carbons (Fsp3) is 0.321. The second kappa shape index (κ2) is 12.1. The molecule has 1 unspecified atom stereocenters. The summed E-state index contributed by atoms with van der Waals surface area (Å²) in [5, 5.41) is 4.24. The summed E-state index contributed by atoms with van der Waals surface area (Å²) in [4.78, 5) is 11.4. The highest BCUT2D eigenvalue weighted by molar-refractivity contribution is 7.97. The monoisotopic (exact) mass is 574 g/mol. The minimum Gasteiger partial charge on any atom is -0.303 e. The molecule has 0 radical (unpaired) electrons. The molecule has 38 heavy (non-hydrogen) atoms. The molecule has 0 amide bonds. The molecule has 0 aliphatic rings. The van der Waals surface area contributed by atoms with Crippen molar-refractivity contribution in [1.29, 1.82) is 0 Å². The van der Waals surface area contributed by atoms with Gasteiger partial charge in [0.25, 0.3) is 0 Å². The predicted molar refractivity (Wildman–Crippen MR) is 155 cm³/mol. The van der Waals surface area contributed by atoms with Crippen LogP contribution in [0.15, 0.2) is 77.7 Å². The summed E-state index contributed by atoms with van der Waals surface area (Å²) in [5.74, 6) is 1.55. The van der Waals surface area contributed by atoms with Gasteiger partial charge in [0.2, 0.25) is 20.0 Å². The molecular formula is C28H34N2O5S3. The molecule has 0 aromatic heterocycles. The van der Waals surface area contributed by atoms with Crippen molar-refractivity contribution in [2.24, 2.45) is 5.14 Å². The lowest BCUT2D eigenvalue weighted by atomic mass is 10.0. The minimum absolute atomic E-state index is 0.0837. The van der Waals surface area contributed by atoms with Crippen molar-refractivity contribution in [3.05, 3.63) is 89.5 Å². The molecular weight excluding hydrogens is 541 g/mol. The van der Waals surface area contributed by atoms with Gasteiger partial charge in [0, 0.05) is 30.5 Å². The molecule has 204 valence electrons. The van der Waals surface area contributed by atoms with E-state index in [-0.39, 0.29) is 11.3 Å². The Morgan fingerprint density at radius 1 is 0.816 bits per heavy atom. The third-order valence-corrected chi connectivity index (χ3v) is 10.9. The zero-order valence-electron chi connectivity index (χ0n) is 22.0. The molecule has 0 spiro atoms. The van der Waals surface area contributed by atoms with Crippen LogP contribution in [0.4, 0.5) is 0 Å². The van der Waals surface area contributed by atoms with Crippen LogP contribution in [-0.4, -0.2) is 40.0 Å². The summed E-state index contributed by atoms with van der Waals surface area (Å²) in [7, 11) is -5.87. The maximum atomic E-state index is 13.2. The zero-order chi connectivity index (χ0) is 28.1. The molecule has 2 N–H and O–H groups in total. The Bertz CT molecular complexity index is 1440. The summed E-state index contributed by atoms with van der Waals surface area (Å²) >= 11 is 1.74. The quantitative estimate of drug-likeness (QED) is 0.318. The number of carbonyl (C=O) groups excluding carboxylic acids is 1. The first kappa shape index (κ1) is 30.0. The van der Waals surface area contributed by atoms with Gasteiger partial charge in [-0.05, 0) is 60.7 Å². The number of carbonyl (C=O) groups is 1. The van der Waals surface area contributed by atoms with Crippen LogP contribution in [0.5, 0.6) is 0 Å². The van der Waals surface area contributed by atoms with Crippen molar-refractivity contribution in [3.8, 4) is 11.1 Å².